The van der Waals surface area contributed by atoms with Crippen LogP contribution in [0.5, 0.6) is 11.6 Å². The highest BCUT2D eigenvalue weighted by Gasteiger charge is 2.15. The molecule has 0 unspecified atom stereocenters. The van der Waals surface area contributed by atoms with Crippen molar-refractivity contribution in [3.8, 4) is 17.4 Å². The lowest BCUT2D eigenvalue weighted by atomic mass is 10.2. The van der Waals surface area contributed by atoms with Gasteiger partial charge in [-0.3, -0.25) is 4.79 Å². The normalized spacial score (nSPS) is 10.5. The molecule has 0 spiro atoms. The van der Waals surface area contributed by atoms with Crippen LogP contribution >= 0.6 is 0 Å². The number of hydrogen-bond acceptors (Lipinski definition) is 6. The van der Waals surface area contributed by atoms with E-state index in [-0.39, 0.29) is 11.4 Å². The lowest BCUT2D eigenvalue weighted by molar-refractivity contribution is 0.100. The summed E-state index contributed by atoms with van der Waals surface area (Å²) in [5.74, 6) is 0.842. The largest absolute Gasteiger partial charge is 0.439 e. The fraction of sp³-hybridized carbons (Fsp3) is 0.0667. The van der Waals surface area contributed by atoms with Crippen LogP contribution in [0.15, 0.2) is 42.9 Å². The van der Waals surface area contributed by atoms with Gasteiger partial charge in [-0.1, -0.05) is 18.2 Å². The van der Waals surface area contributed by atoms with Crippen LogP contribution in [0.25, 0.3) is 5.82 Å². The van der Waals surface area contributed by atoms with Crippen molar-refractivity contribution in [1.82, 2.24) is 19.7 Å². The highest BCUT2D eigenvalue weighted by molar-refractivity contribution is 5.97. The zero-order chi connectivity index (χ0) is 16.4. The van der Waals surface area contributed by atoms with E-state index in [2.05, 4.69) is 15.1 Å². The standard InChI is InChI=1S/C15H14N6O2/c1-9-4-2-3-5-11(9)23-13-6-12(18-8-19-13)21-14(16)10(7-20-21)15(17)22/h2-8H,16H2,1H3,(H2,17,22). The second kappa shape index (κ2) is 5.76. The van der Waals surface area contributed by atoms with E-state index in [1.807, 2.05) is 31.2 Å². The summed E-state index contributed by atoms with van der Waals surface area (Å²) in [6.45, 7) is 1.93. The topological polar surface area (TPSA) is 122 Å². The van der Waals surface area contributed by atoms with E-state index in [4.69, 9.17) is 16.2 Å². The third kappa shape index (κ3) is 2.82. The predicted molar refractivity (Wildman–Crippen MR) is 83.3 cm³/mol. The van der Waals surface area contributed by atoms with Crippen LogP contribution in [0.1, 0.15) is 15.9 Å². The molecule has 8 nitrogen and oxygen atoms in total. The summed E-state index contributed by atoms with van der Waals surface area (Å²) in [6.07, 6.45) is 2.62. The van der Waals surface area contributed by atoms with E-state index in [0.29, 0.717) is 17.4 Å². The van der Waals surface area contributed by atoms with E-state index in [9.17, 15) is 4.79 Å². The third-order valence-electron chi connectivity index (χ3n) is 3.22. The molecule has 4 N–H and O–H groups in total. The molecule has 3 rings (SSSR count). The van der Waals surface area contributed by atoms with Gasteiger partial charge in [-0.05, 0) is 18.6 Å². The van der Waals surface area contributed by atoms with Gasteiger partial charge in [0.15, 0.2) is 5.82 Å². The average Bonchev–Trinajstić information content (AvgIpc) is 2.92. The van der Waals surface area contributed by atoms with Gasteiger partial charge in [0.1, 0.15) is 23.5 Å². The predicted octanol–water partition coefficient (Wildman–Crippen LogP) is 1.44. The number of primary amides is 1. The van der Waals surface area contributed by atoms with Crippen molar-refractivity contribution in [1.29, 1.82) is 0 Å². The van der Waals surface area contributed by atoms with E-state index in [1.54, 1.807) is 6.07 Å². The molecule has 0 atom stereocenters. The Bertz CT molecular complexity index is 874. The molecule has 1 aromatic carbocycles. The van der Waals surface area contributed by atoms with E-state index in [0.717, 1.165) is 5.56 Å². The number of hydrogen-bond donors (Lipinski definition) is 2. The molecular weight excluding hydrogens is 296 g/mol. The van der Waals surface area contributed by atoms with Crippen molar-refractivity contribution < 1.29 is 9.53 Å². The number of amides is 1. The first-order chi connectivity index (χ1) is 11.1. The number of nitrogens with two attached hydrogens (primary N) is 2. The van der Waals surface area contributed by atoms with Gasteiger partial charge in [-0.15, -0.1) is 0 Å². The molecule has 0 aliphatic rings. The molecule has 0 radical (unpaired) electrons. The second-order valence-electron chi connectivity index (χ2n) is 4.80. The van der Waals surface area contributed by atoms with Gasteiger partial charge in [-0.25, -0.2) is 9.97 Å². The van der Waals surface area contributed by atoms with Crippen molar-refractivity contribution in [3.63, 3.8) is 0 Å². The van der Waals surface area contributed by atoms with Crippen LogP contribution in [0.2, 0.25) is 0 Å². The van der Waals surface area contributed by atoms with Gasteiger partial charge < -0.3 is 16.2 Å². The summed E-state index contributed by atoms with van der Waals surface area (Å²) in [4.78, 5) is 19.4. The molecule has 0 bridgehead atoms. The number of carbonyl (C=O) groups is 1. The van der Waals surface area contributed by atoms with Gasteiger partial charge in [0, 0.05) is 6.07 Å². The number of nitrogens with zero attached hydrogens (tertiary/aromatic N) is 4. The molecule has 0 aliphatic heterocycles. The van der Waals surface area contributed by atoms with Crippen LogP contribution in [0.4, 0.5) is 5.82 Å². The lowest BCUT2D eigenvalue weighted by Gasteiger charge is -2.09. The molecule has 2 aromatic heterocycles. The number of ether oxygens (including phenoxy) is 1. The first kappa shape index (κ1) is 14.5. The average molecular weight is 310 g/mol. The van der Waals surface area contributed by atoms with Gasteiger partial charge in [0.2, 0.25) is 5.88 Å². The Morgan fingerprint density at radius 1 is 1.26 bits per heavy atom. The van der Waals surface area contributed by atoms with Crippen molar-refractivity contribution in [2.75, 3.05) is 5.73 Å². The summed E-state index contributed by atoms with van der Waals surface area (Å²) in [6, 6.07) is 9.13. The third-order valence-corrected chi connectivity index (χ3v) is 3.22. The first-order valence-corrected chi connectivity index (χ1v) is 6.75. The molecule has 23 heavy (non-hydrogen) atoms. The Balaban J connectivity index is 1.94. The summed E-state index contributed by atoms with van der Waals surface area (Å²) < 4.78 is 7.04. The molecule has 0 saturated heterocycles. The fourth-order valence-electron chi connectivity index (χ4n) is 2.02. The Kier molecular flexibility index (Phi) is 3.63. The summed E-state index contributed by atoms with van der Waals surface area (Å²) in [5.41, 5.74) is 12.2. The Hall–Kier alpha value is -3.42. The van der Waals surface area contributed by atoms with Crippen LogP contribution < -0.4 is 16.2 Å². The maximum Gasteiger partial charge on any atom is 0.254 e. The number of rotatable bonds is 4. The van der Waals surface area contributed by atoms with Crippen molar-refractivity contribution in [2.45, 2.75) is 6.92 Å². The molecule has 0 aliphatic carbocycles. The highest BCUT2D eigenvalue weighted by atomic mass is 16.5. The quantitative estimate of drug-likeness (QED) is 0.752. The van der Waals surface area contributed by atoms with Gasteiger partial charge in [0.05, 0.1) is 6.20 Å². The Labute approximate surface area is 131 Å². The number of anilines is 1. The van der Waals surface area contributed by atoms with Crippen LogP contribution in [-0.2, 0) is 0 Å². The zero-order valence-electron chi connectivity index (χ0n) is 12.3. The minimum Gasteiger partial charge on any atom is -0.439 e. The number of para-hydroxylation sites is 1. The molecule has 116 valence electrons. The number of carbonyl (C=O) groups excluding carboxylic acids is 1. The SMILES string of the molecule is Cc1ccccc1Oc1cc(-n2ncc(C(N)=O)c2N)ncn1. The molecular formula is C15H14N6O2. The van der Waals surface area contributed by atoms with E-state index >= 15 is 0 Å². The molecule has 1 amide bonds. The summed E-state index contributed by atoms with van der Waals surface area (Å²) in [5, 5.41) is 4.02. The lowest BCUT2D eigenvalue weighted by Crippen LogP contribution is -2.13. The molecule has 3 aromatic rings. The van der Waals surface area contributed by atoms with Gasteiger partial charge >= 0.3 is 0 Å². The van der Waals surface area contributed by atoms with Gasteiger partial charge in [0.25, 0.3) is 5.91 Å². The fourth-order valence-corrected chi connectivity index (χ4v) is 2.02. The van der Waals surface area contributed by atoms with Crippen LogP contribution in [0.3, 0.4) is 0 Å². The maximum atomic E-state index is 11.2. The second-order valence-corrected chi connectivity index (χ2v) is 4.80. The van der Waals surface area contributed by atoms with Crippen LogP contribution in [-0.4, -0.2) is 25.7 Å². The van der Waals surface area contributed by atoms with Crippen molar-refractivity contribution in [3.05, 3.63) is 54.0 Å². The highest BCUT2D eigenvalue weighted by Crippen LogP contribution is 2.24. The van der Waals surface area contributed by atoms with E-state index in [1.165, 1.54) is 17.2 Å². The minimum absolute atomic E-state index is 0.109. The molecule has 0 fully saturated rings. The number of nitrogen functional groups attached to an aromatic ring is 1. The monoisotopic (exact) mass is 310 g/mol. The zero-order valence-corrected chi connectivity index (χ0v) is 12.3. The van der Waals surface area contributed by atoms with Crippen molar-refractivity contribution >= 4 is 11.7 Å². The molecule has 2 heterocycles. The Morgan fingerprint density at radius 2 is 2.04 bits per heavy atom. The Morgan fingerprint density at radius 3 is 2.74 bits per heavy atom. The van der Waals surface area contributed by atoms with Crippen LogP contribution in [0, 0.1) is 6.92 Å². The summed E-state index contributed by atoms with van der Waals surface area (Å²) >= 11 is 0. The maximum absolute atomic E-state index is 11.2. The minimum atomic E-state index is -0.654. The number of benzene rings is 1. The number of aryl methyl sites for hydroxylation is 1. The molecule has 8 heteroatoms. The number of aromatic nitrogens is 4. The molecule has 0 saturated carbocycles. The van der Waals surface area contributed by atoms with E-state index < -0.39 is 5.91 Å². The summed E-state index contributed by atoms with van der Waals surface area (Å²) in [7, 11) is 0. The smallest absolute Gasteiger partial charge is 0.254 e. The first-order valence-electron chi connectivity index (χ1n) is 6.75. The van der Waals surface area contributed by atoms with Gasteiger partial charge in [-0.2, -0.15) is 9.78 Å². The van der Waals surface area contributed by atoms with Crippen molar-refractivity contribution in [2.24, 2.45) is 5.73 Å².